The SMILES string of the molecule is CCOCC(C)OCC(C)(C#N)NC(C)C. The van der Waals surface area contributed by atoms with Crippen molar-refractivity contribution in [3.05, 3.63) is 0 Å². The summed E-state index contributed by atoms with van der Waals surface area (Å²) in [6.07, 6.45) is 0.0154. The maximum absolute atomic E-state index is 9.10. The lowest BCUT2D eigenvalue weighted by Crippen LogP contribution is -2.49. The second-order valence-electron chi connectivity index (χ2n) is 4.52. The first-order valence-corrected chi connectivity index (χ1v) is 5.81. The molecular weight excluding hydrogens is 204 g/mol. The van der Waals surface area contributed by atoms with E-state index in [4.69, 9.17) is 14.7 Å². The van der Waals surface area contributed by atoms with Crippen LogP contribution >= 0.6 is 0 Å². The maximum Gasteiger partial charge on any atom is 0.127 e. The van der Waals surface area contributed by atoms with E-state index in [9.17, 15) is 0 Å². The zero-order chi connectivity index (χ0) is 12.6. The molecule has 0 fully saturated rings. The highest BCUT2D eigenvalue weighted by molar-refractivity contribution is 5.04. The van der Waals surface area contributed by atoms with Gasteiger partial charge in [-0.15, -0.1) is 0 Å². The van der Waals surface area contributed by atoms with Gasteiger partial charge in [0.1, 0.15) is 5.54 Å². The maximum atomic E-state index is 9.10. The Labute approximate surface area is 98.9 Å². The van der Waals surface area contributed by atoms with Crippen molar-refractivity contribution in [3.8, 4) is 6.07 Å². The van der Waals surface area contributed by atoms with Crippen molar-refractivity contribution in [1.82, 2.24) is 5.32 Å². The van der Waals surface area contributed by atoms with Gasteiger partial charge in [0.25, 0.3) is 0 Å². The molecule has 4 heteroatoms. The zero-order valence-corrected chi connectivity index (χ0v) is 11.0. The molecule has 0 bridgehead atoms. The number of nitrogens with one attached hydrogen (secondary N) is 1. The number of nitriles is 1. The molecule has 1 N–H and O–H groups in total. The van der Waals surface area contributed by atoms with E-state index in [0.717, 1.165) is 0 Å². The summed E-state index contributed by atoms with van der Waals surface area (Å²) in [4.78, 5) is 0. The number of hydrogen-bond acceptors (Lipinski definition) is 4. The van der Waals surface area contributed by atoms with E-state index in [-0.39, 0.29) is 12.1 Å². The third kappa shape index (κ3) is 6.78. The van der Waals surface area contributed by atoms with Crippen LogP contribution in [0, 0.1) is 11.3 Å². The fraction of sp³-hybridized carbons (Fsp3) is 0.917. The normalized spacial score (nSPS) is 16.8. The molecule has 0 aromatic carbocycles. The van der Waals surface area contributed by atoms with Crippen molar-refractivity contribution < 1.29 is 9.47 Å². The number of nitrogens with zero attached hydrogens (tertiary/aromatic N) is 1. The first kappa shape index (κ1) is 15.4. The van der Waals surface area contributed by atoms with Gasteiger partial charge in [-0.3, -0.25) is 5.32 Å². The Balaban J connectivity index is 3.99. The van der Waals surface area contributed by atoms with E-state index in [1.807, 2.05) is 34.6 Å². The van der Waals surface area contributed by atoms with Crippen LogP contribution in [0.15, 0.2) is 0 Å². The topological polar surface area (TPSA) is 54.3 Å². The molecule has 0 spiro atoms. The van der Waals surface area contributed by atoms with Crippen LogP contribution in [0.1, 0.15) is 34.6 Å². The van der Waals surface area contributed by atoms with Crippen molar-refractivity contribution in [3.63, 3.8) is 0 Å². The van der Waals surface area contributed by atoms with Gasteiger partial charge in [0.2, 0.25) is 0 Å². The summed E-state index contributed by atoms with van der Waals surface area (Å²) in [5.74, 6) is 0. The van der Waals surface area contributed by atoms with Crippen molar-refractivity contribution in [2.45, 2.75) is 52.3 Å². The van der Waals surface area contributed by atoms with Gasteiger partial charge in [0, 0.05) is 12.6 Å². The Morgan fingerprint density at radius 3 is 2.44 bits per heavy atom. The van der Waals surface area contributed by atoms with Crippen LogP contribution < -0.4 is 5.32 Å². The van der Waals surface area contributed by atoms with E-state index in [2.05, 4.69) is 11.4 Å². The van der Waals surface area contributed by atoms with E-state index in [1.54, 1.807) is 0 Å². The number of hydrogen-bond donors (Lipinski definition) is 1. The molecule has 0 amide bonds. The van der Waals surface area contributed by atoms with Gasteiger partial charge < -0.3 is 9.47 Å². The van der Waals surface area contributed by atoms with E-state index in [0.29, 0.717) is 19.8 Å². The van der Waals surface area contributed by atoms with Crippen LogP contribution in [0.3, 0.4) is 0 Å². The second kappa shape index (κ2) is 7.61. The Morgan fingerprint density at radius 2 is 2.00 bits per heavy atom. The third-order valence-corrected chi connectivity index (χ3v) is 2.07. The molecule has 0 heterocycles. The van der Waals surface area contributed by atoms with Gasteiger partial charge >= 0.3 is 0 Å². The molecule has 0 saturated heterocycles. The second-order valence-corrected chi connectivity index (χ2v) is 4.52. The van der Waals surface area contributed by atoms with Crippen molar-refractivity contribution in [2.24, 2.45) is 0 Å². The third-order valence-electron chi connectivity index (χ3n) is 2.07. The summed E-state index contributed by atoms with van der Waals surface area (Å²) in [5, 5.41) is 12.3. The van der Waals surface area contributed by atoms with Gasteiger partial charge in [-0.05, 0) is 34.6 Å². The molecule has 0 rings (SSSR count). The fourth-order valence-electron chi connectivity index (χ4n) is 1.38. The van der Waals surface area contributed by atoms with Crippen LogP contribution in [0.5, 0.6) is 0 Å². The average molecular weight is 228 g/mol. The van der Waals surface area contributed by atoms with Gasteiger partial charge in [0.15, 0.2) is 0 Å². The Morgan fingerprint density at radius 1 is 1.38 bits per heavy atom. The quantitative estimate of drug-likeness (QED) is 0.687. The average Bonchev–Trinajstić information content (AvgIpc) is 2.22. The lowest BCUT2D eigenvalue weighted by atomic mass is 10.1. The molecular formula is C12H24N2O2. The first-order chi connectivity index (χ1) is 7.43. The van der Waals surface area contributed by atoms with Gasteiger partial charge in [-0.25, -0.2) is 0 Å². The Hall–Kier alpha value is -0.630. The van der Waals surface area contributed by atoms with Crippen molar-refractivity contribution in [1.29, 1.82) is 5.26 Å². The molecule has 0 aliphatic rings. The highest BCUT2D eigenvalue weighted by Gasteiger charge is 2.25. The lowest BCUT2D eigenvalue weighted by Gasteiger charge is -2.27. The molecule has 94 valence electrons. The van der Waals surface area contributed by atoms with Crippen molar-refractivity contribution >= 4 is 0 Å². The molecule has 0 aliphatic carbocycles. The minimum Gasteiger partial charge on any atom is -0.379 e. The molecule has 2 unspecified atom stereocenters. The Kier molecular flexibility index (Phi) is 7.31. The molecule has 0 aromatic rings. The van der Waals surface area contributed by atoms with E-state index in [1.165, 1.54) is 0 Å². The number of ether oxygens (including phenoxy) is 2. The van der Waals surface area contributed by atoms with Crippen LogP contribution in [-0.2, 0) is 9.47 Å². The summed E-state index contributed by atoms with van der Waals surface area (Å²) in [7, 11) is 0. The largest absolute Gasteiger partial charge is 0.379 e. The fourth-order valence-corrected chi connectivity index (χ4v) is 1.38. The molecule has 4 nitrogen and oxygen atoms in total. The van der Waals surface area contributed by atoms with Crippen LogP contribution in [0.2, 0.25) is 0 Å². The summed E-state index contributed by atoms with van der Waals surface area (Å²) in [6, 6.07) is 2.50. The van der Waals surface area contributed by atoms with E-state index < -0.39 is 5.54 Å². The minimum atomic E-state index is -0.630. The minimum absolute atomic E-state index is 0.0154. The highest BCUT2D eigenvalue weighted by atomic mass is 16.5. The number of rotatable bonds is 8. The summed E-state index contributed by atoms with van der Waals surface area (Å²) < 4.78 is 10.8. The Bertz CT molecular complexity index is 226. The summed E-state index contributed by atoms with van der Waals surface area (Å²) in [5.41, 5.74) is -0.630. The van der Waals surface area contributed by atoms with Crippen LogP contribution in [0.25, 0.3) is 0 Å². The van der Waals surface area contributed by atoms with Gasteiger partial charge in [0.05, 0.1) is 25.4 Å². The highest BCUT2D eigenvalue weighted by Crippen LogP contribution is 2.06. The van der Waals surface area contributed by atoms with E-state index >= 15 is 0 Å². The smallest absolute Gasteiger partial charge is 0.127 e. The van der Waals surface area contributed by atoms with Crippen molar-refractivity contribution in [2.75, 3.05) is 19.8 Å². The standard InChI is InChI=1S/C12H24N2O2/c1-6-15-7-11(4)16-9-12(5,8-13)14-10(2)3/h10-11,14H,6-7,9H2,1-5H3. The zero-order valence-electron chi connectivity index (χ0n) is 11.0. The molecule has 16 heavy (non-hydrogen) atoms. The molecule has 0 aliphatic heterocycles. The van der Waals surface area contributed by atoms with Gasteiger partial charge in [-0.1, -0.05) is 0 Å². The molecule has 2 atom stereocenters. The van der Waals surface area contributed by atoms with Crippen LogP contribution in [0.4, 0.5) is 0 Å². The van der Waals surface area contributed by atoms with Crippen LogP contribution in [-0.4, -0.2) is 37.5 Å². The predicted octanol–water partition coefficient (Wildman–Crippen LogP) is 1.71. The molecule has 0 radical (unpaired) electrons. The monoisotopic (exact) mass is 228 g/mol. The predicted molar refractivity (Wildman–Crippen MR) is 64.2 cm³/mol. The molecule has 0 aromatic heterocycles. The van der Waals surface area contributed by atoms with Gasteiger partial charge in [-0.2, -0.15) is 5.26 Å². The summed E-state index contributed by atoms with van der Waals surface area (Å²) in [6.45, 7) is 11.4. The summed E-state index contributed by atoms with van der Waals surface area (Å²) >= 11 is 0. The first-order valence-electron chi connectivity index (χ1n) is 5.81. The molecule has 0 saturated carbocycles. The lowest BCUT2D eigenvalue weighted by molar-refractivity contribution is -0.0187.